The quantitative estimate of drug-likeness (QED) is 0.820. The molecule has 1 rings (SSSR count). The SMILES string of the molecule is CCN(c1cccc(C)c1C)C(C)CN. The predicted molar refractivity (Wildman–Crippen MR) is 67.5 cm³/mol. The molecule has 0 saturated carbocycles. The molecular formula is C13H22N2. The van der Waals surface area contributed by atoms with Gasteiger partial charge in [0.2, 0.25) is 0 Å². The van der Waals surface area contributed by atoms with E-state index in [4.69, 9.17) is 5.73 Å². The summed E-state index contributed by atoms with van der Waals surface area (Å²) in [6.07, 6.45) is 0. The monoisotopic (exact) mass is 206 g/mol. The number of hydrogen-bond donors (Lipinski definition) is 1. The summed E-state index contributed by atoms with van der Waals surface area (Å²) in [5.41, 5.74) is 9.75. The predicted octanol–water partition coefficient (Wildman–Crippen LogP) is 2.48. The average Bonchev–Trinajstić information content (AvgIpc) is 2.24. The van der Waals surface area contributed by atoms with Crippen molar-refractivity contribution in [3.63, 3.8) is 0 Å². The first kappa shape index (κ1) is 12.1. The highest BCUT2D eigenvalue weighted by Gasteiger charge is 2.13. The van der Waals surface area contributed by atoms with E-state index in [9.17, 15) is 0 Å². The van der Waals surface area contributed by atoms with E-state index in [0.29, 0.717) is 12.6 Å². The Labute approximate surface area is 93.1 Å². The molecule has 84 valence electrons. The first-order valence-electron chi connectivity index (χ1n) is 5.64. The van der Waals surface area contributed by atoms with E-state index in [-0.39, 0.29) is 0 Å². The number of rotatable bonds is 4. The molecule has 1 aromatic carbocycles. The van der Waals surface area contributed by atoms with Crippen LogP contribution in [0.25, 0.3) is 0 Å². The van der Waals surface area contributed by atoms with E-state index in [2.05, 4.69) is 50.8 Å². The molecule has 0 amide bonds. The van der Waals surface area contributed by atoms with Gasteiger partial charge in [0, 0.05) is 24.8 Å². The maximum absolute atomic E-state index is 5.73. The second kappa shape index (κ2) is 5.17. The van der Waals surface area contributed by atoms with Gasteiger partial charge in [-0.1, -0.05) is 12.1 Å². The zero-order valence-corrected chi connectivity index (χ0v) is 10.2. The lowest BCUT2D eigenvalue weighted by Gasteiger charge is -2.31. The van der Waals surface area contributed by atoms with Crippen LogP contribution in [-0.4, -0.2) is 19.1 Å². The highest BCUT2D eigenvalue weighted by atomic mass is 15.2. The standard InChI is InChI=1S/C13H22N2/c1-5-15(11(3)9-14)13-8-6-7-10(2)12(13)4/h6-8,11H,5,9,14H2,1-4H3. The summed E-state index contributed by atoms with van der Waals surface area (Å²) in [6.45, 7) is 10.4. The maximum Gasteiger partial charge on any atom is 0.0401 e. The van der Waals surface area contributed by atoms with Crippen molar-refractivity contribution >= 4 is 5.69 Å². The normalized spacial score (nSPS) is 12.6. The molecule has 15 heavy (non-hydrogen) atoms. The van der Waals surface area contributed by atoms with E-state index in [1.165, 1.54) is 16.8 Å². The fraction of sp³-hybridized carbons (Fsp3) is 0.538. The third kappa shape index (κ3) is 2.51. The van der Waals surface area contributed by atoms with E-state index >= 15 is 0 Å². The highest BCUT2D eigenvalue weighted by molar-refractivity contribution is 5.56. The summed E-state index contributed by atoms with van der Waals surface area (Å²) in [4.78, 5) is 2.36. The Hall–Kier alpha value is -1.02. The van der Waals surface area contributed by atoms with Crippen LogP contribution < -0.4 is 10.6 Å². The van der Waals surface area contributed by atoms with Crippen LogP contribution in [0.3, 0.4) is 0 Å². The molecule has 0 aliphatic rings. The van der Waals surface area contributed by atoms with Gasteiger partial charge in [-0.2, -0.15) is 0 Å². The summed E-state index contributed by atoms with van der Waals surface area (Å²) in [7, 11) is 0. The van der Waals surface area contributed by atoms with Gasteiger partial charge in [-0.05, 0) is 44.9 Å². The Kier molecular flexibility index (Phi) is 4.15. The van der Waals surface area contributed by atoms with Crippen LogP contribution in [0.2, 0.25) is 0 Å². The molecule has 0 radical (unpaired) electrons. The van der Waals surface area contributed by atoms with Gasteiger partial charge in [0.25, 0.3) is 0 Å². The Bertz CT molecular complexity index is 320. The van der Waals surface area contributed by atoms with Crippen molar-refractivity contribution in [3.05, 3.63) is 29.3 Å². The molecule has 0 fully saturated rings. The summed E-state index contributed by atoms with van der Waals surface area (Å²) < 4.78 is 0. The van der Waals surface area contributed by atoms with E-state index in [0.717, 1.165) is 6.54 Å². The number of anilines is 1. The first-order valence-corrected chi connectivity index (χ1v) is 5.64. The molecule has 2 heteroatoms. The summed E-state index contributed by atoms with van der Waals surface area (Å²) in [5, 5.41) is 0. The smallest absolute Gasteiger partial charge is 0.0401 e. The molecule has 0 heterocycles. The Morgan fingerprint density at radius 2 is 2.00 bits per heavy atom. The molecule has 1 aromatic rings. The minimum atomic E-state index is 0.399. The molecule has 0 spiro atoms. The van der Waals surface area contributed by atoms with E-state index < -0.39 is 0 Å². The minimum absolute atomic E-state index is 0.399. The van der Waals surface area contributed by atoms with Crippen LogP contribution in [0.15, 0.2) is 18.2 Å². The summed E-state index contributed by atoms with van der Waals surface area (Å²) in [5.74, 6) is 0. The van der Waals surface area contributed by atoms with Gasteiger partial charge in [-0.3, -0.25) is 0 Å². The lowest BCUT2D eigenvalue weighted by atomic mass is 10.1. The lowest BCUT2D eigenvalue weighted by molar-refractivity contribution is 0.655. The second-order valence-electron chi connectivity index (χ2n) is 4.09. The summed E-state index contributed by atoms with van der Waals surface area (Å²) in [6, 6.07) is 6.84. The Morgan fingerprint density at radius 1 is 1.33 bits per heavy atom. The van der Waals surface area contributed by atoms with Crippen molar-refractivity contribution in [2.75, 3.05) is 18.0 Å². The molecule has 0 aromatic heterocycles. The lowest BCUT2D eigenvalue weighted by Crippen LogP contribution is -2.38. The molecule has 1 unspecified atom stereocenters. The second-order valence-corrected chi connectivity index (χ2v) is 4.09. The number of likely N-dealkylation sites (N-methyl/N-ethyl adjacent to an activating group) is 1. The van der Waals surface area contributed by atoms with Crippen LogP contribution >= 0.6 is 0 Å². The topological polar surface area (TPSA) is 29.3 Å². The number of benzene rings is 1. The zero-order chi connectivity index (χ0) is 11.4. The van der Waals surface area contributed by atoms with Crippen molar-refractivity contribution < 1.29 is 0 Å². The largest absolute Gasteiger partial charge is 0.368 e. The highest BCUT2D eigenvalue weighted by Crippen LogP contribution is 2.23. The number of aryl methyl sites for hydroxylation is 1. The average molecular weight is 206 g/mol. The van der Waals surface area contributed by atoms with Gasteiger partial charge in [0.1, 0.15) is 0 Å². The molecule has 0 aliphatic heterocycles. The third-order valence-electron chi connectivity index (χ3n) is 3.10. The van der Waals surface area contributed by atoms with Gasteiger partial charge in [0.15, 0.2) is 0 Å². The van der Waals surface area contributed by atoms with Crippen molar-refractivity contribution in [1.29, 1.82) is 0 Å². The minimum Gasteiger partial charge on any atom is -0.368 e. The number of hydrogen-bond acceptors (Lipinski definition) is 2. The molecule has 2 N–H and O–H groups in total. The van der Waals surface area contributed by atoms with E-state index in [1.54, 1.807) is 0 Å². The van der Waals surface area contributed by atoms with Crippen LogP contribution in [-0.2, 0) is 0 Å². The third-order valence-corrected chi connectivity index (χ3v) is 3.10. The van der Waals surface area contributed by atoms with Crippen LogP contribution in [0, 0.1) is 13.8 Å². The fourth-order valence-electron chi connectivity index (χ4n) is 1.89. The summed E-state index contributed by atoms with van der Waals surface area (Å²) >= 11 is 0. The first-order chi connectivity index (χ1) is 7.11. The Morgan fingerprint density at radius 3 is 2.53 bits per heavy atom. The van der Waals surface area contributed by atoms with Crippen LogP contribution in [0.5, 0.6) is 0 Å². The number of nitrogens with two attached hydrogens (primary N) is 1. The van der Waals surface area contributed by atoms with Crippen LogP contribution in [0.1, 0.15) is 25.0 Å². The van der Waals surface area contributed by atoms with Crippen molar-refractivity contribution in [2.45, 2.75) is 33.7 Å². The molecular weight excluding hydrogens is 184 g/mol. The molecule has 2 nitrogen and oxygen atoms in total. The molecule has 0 aliphatic carbocycles. The zero-order valence-electron chi connectivity index (χ0n) is 10.2. The van der Waals surface area contributed by atoms with Crippen LogP contribution in [0.4, 0.5) is 5.69 Å². The van der Waals surface area contributed by atoms with Gasteiger partial charge in [-0.25, -0.2) is 0 Å². The Balaban J connectivity index is 3.07. The van der Waals surface area contributed by atoms with Gasteiger partial charge in [0.05, 0.1) is 0 Å². The van der Waals surface area contributed by atoms with Gasteiger partial charge < -0.3 is 10.6 Å². The van der Waals surface area contributed by atoms with Crippen molar-refractivity contribution in [3.8, 4) is 0 Å². The van der Waals surface area contributed by atoms with Crippen molar-refractivity contribution in [1.82, 2.24) is 0 Å². The molecule has 0 saturated heterocycles. The van der Waals surface area contributed by atoms with E-state index in [1.807, 2.05) is 0 Å². The van der Waals surface area contributed by atoms with Gasteiger partial charge in [-0.15, -0.1) is 0 Å². The molecule has 1 atom stereocenters. The van der Waals surface area contributed by atoms with Crippen molar-refractivity contribution in [2.24, 2.45) is 5.73 Å². The number of nitrogens with zero attached hydrogens (tertiary/aromatic N) is 1. The fourth-order valence-corrected chi connectivity index (χ4v) is 1.89. The maximum atomic E-state index is 5.73. The molecule has 0 bridgehead atoms. The van der Waals surface area contributed by atoms with Gasteiger partial charge >= 0.3 is 0 Å².